The molecule has 0 spiro atoms. The topological polar surface area (TPSA) is 53.6 Å². The van der Waals surface area contributed by atoms with Gasteiger partial charge in [0.25, 0.3) is 0 Å². The molecule has 0 atom stereocenters. The second-order valence-corrected chi connectivity index (χ2v) is 6.49. The Bertz CT molecular complexity index is 760. The highest BCUT2D eigenvalue weighted by atomic mass is 32.1. The summed E-state index contributed by atoms with van der Waals surface area (Å²) >= 11 is 5.34. The highest BCUT2D eigenvalue weighted by Crippen LogP contribution is 2.21. The summed E-state index contributed by atoms with van der Waals surface area (Å²) in [6.07, 6.45) is 1.59. The van der Waals surface area contributed by atoms with Crippen LogP contribution in [0.15, 0.2) is 48.5 Å². The highest BCUT2D eigenvalue weighted by Gasteiger charge is 2.21. The molecule has 1 amide bonds. The van der Waals surface area contributed by atoms with Gasteiger partial charge in [-0.05, 0) is 67.5 Å². The van der Waals surface area contributed by atoms with Crippen molar-refractivity contribution in [2.75, 3.05) is 23.4 Å². The second kappa shape index (κ2) is 8.67. The Morgan fingerprint density at radius 3 is 2.50 bits per heavy atom. The van der Waals surface area contributed by atoms with Crippen molar-refractivity contribution in [3.8, 4) is 5.75 Å². The summed E-state index contributed by atoms with van der Waals surface area (Å²) in [4.78, 5) is 13.6. The molecule has 0 saturated carbocycles. The van der Waals surface area contributed by atoms with E-state index < -0.39 is 0 Å². The standard InChI is InChI=1S/C20H23N3O2S/c1-2-25-18-11-7-16(8-12-18)22-20(26)21-14-15-5-9-17(10-6-15)23-13-3-4-19(23)24/h5-12H,2-4,13-14H2,1H3,(H2,21,22,26). The molecule has 0 radical (unpaired) electrons. The van der Waals surface area contributed by atoms with Gasteiger partial charge >= 0.3 is 0 Å². The first kappa shape index (κ1) is 18.2. The van der Waals surface area contributed by atoms with Gasteiger partial charge in [-0.3, -0.25) is 4.79 Å². The van der Waals surface area contributed by atoms with E-state index in [1.54, 1.807) is 0 Å². The number of nitrogens with zero attached hydrogens (tertiary/aromatic N) is 1. The third kappa shape index (κ3) is 4.73. The quantitative estimate of drug-likeness (QED) is 0.761. The summed E-state index contributed by atoms with van der Waals surface area (Å²) in [5, 5.41) is 6.91. The molecule has 1 heterocycles. The molecule has 1 aliphatic rings. The van der Waals surface area contributed by atoms with E-state index in [4.69, 9.17) is 17.0 Å². The Balaban J connectivity index is 1.48. The molecule has 0 aromatic heterocycles. The normalized spacial score (nSPS) is 13.6. The fourth-order valence-electron chi connectivity index (χ4n) is 2.87. The van der Waals surface area contributed by atoms with E-state index in [0.717, 1.165) is 35.7 Å². The molecule has 2 N–H and O–H groups in total. The molecular weight excluding hydrogens is 346 g/mol. The Labute approximate surface area is 159 Å². The average Bonchev–Trinajstić information content (AvgIpc) is 3.08. The van der Waals surface area contributed by atoms with Crippen LogP contribution in [0.1, 0.15) is 25.3 Å². The Hall–Kier alpha value is -2.60. The molecule has 1 saturated heterocycles. The molecule has 26 heavy (non-hydrogen) atoms. The van der Waals surface area contributed by atoms with Crippen molar-refractivity contribution in [3.05, 3.63) is 54.1 Å². The molecule has 3 rings (SSSR count). The Kier molecular flexibility index (Phi) is 6.07. The first-order chi connectivity index (χ1) is 12.7. The van der Waals surface area contributed by atoms with Gasteiger partial charge in [-0.25, -0.2) is 0 Å². The fraction of sp³-hybridized carbons (Fsp3) is 0.300. The van der Waals surface area contributed by atoms with Crippen molar-refractivity contribution in [3.63, 3.8) is 0 Å². The van der Waals surface area contributed by atoms with E-state index in [0.29, 0.717) is 24.7 Å². The molecule has 2 aromatic carbocycles. The number of amides is 1. The lowest BCUT2D eigenvalue weighted by Gasteiger charge is -2.16. The molecule has 5 nitrogen and oxygen atoms in total. The van der Waals surface area contributed by atoms with Crippen LogP contribution in [0.2, 0.25) is 0 Å². The summed E-state index contributed by atoms with van der Waals surface area (Å²) in [6.45, 7) is 4.04. The maximum atomic E-state index is 11.8. The first-order valence-corrected chi connectivity index (χ1v) is 9.23. The minimum absolute atomic E-state index is 0.205. The monoisotopic (exact) mass is 369 g/mol. The highest BCUT2D eigenvalue weighted by molar-refractivity contribution is 7.80. The lowest BCUT2D eigenvalue weighted by molar-refractivity contribution is -0.117. The Morgan fingerprint density at radius 1 is 1.15 bits per heavy atom. The minimum atomic E-state index is 0.205. The van der Waals surface area contributed by atoms with E-state index in [2.05, 4.69) is 10.6 Å². The van der Waals surface area contributed by atoms with E-state index in [1.165, 1.54) is 0 Å². The maximum Gasteiger partial charge on any atom is 0.227 e. The molecule has 2 aromatic rings. The van der Waals surface area contributed by atoms with Crippen LogP contribution in [0.3, 0.4) is 0 Å². The van der Waals surface area contributed by atoms with Crippen LogP contribution < -0.4 is 20.3 Å². The molecule has 6 heteroatoms. The first-order valence-electron chi connectivity index (χ1n) is 8.82. The molecular formula is C20H23N3O2S. The van der Waals surface area contributed by atoms with Crippen molar-refractivity contribution in [2.45, 2.75) is 26.3 Å². The Morgan fingerprint density at radius 2 is 1.88 bits per heavy atom. The summed E-state index contributed by atoms with van der Waals surface area (Å²) in [7, 11) is 0. The van der Waals surface area contributed by atoms with Gasteiger partial charge in [0, 0.05) is 30.9 Å². The molecule has 1 aliphatic heterocycles. The molecule has 0 unspecified atom stereocenters. The van der Waals surface area contributed by atoms with Crippen LogP contribution in [0.25, 0.3) is 0 Å². The van der Waals surface area contributed by atoms with E-state index in [-0.39, 0.29) is 5.91 Å². The second-order valence-electron chi connectivity index (χ2n) is 6.08. The van der Waals surface area contributed by atoms with E-state index >= 15 is 0 Å². The van der Waals surface area contributed by atoms with Gasteiger partial charge in [0.1, 0.15) is 5.75 Å². The maximum absolute atomic E-state index is 11.8. The van der Waals surface area contributed by atoms with Gasteiger partial charge in [0.2, 0.25) is 5.91 Å². The van der Waals surface area contributed by atoms with E-state index in [9.17, 15) is 4.79 Å². The van der Waals surface area contributed by atoms with E-state index in [1.807, 2.05) is 60.4 Å². The number of thiocarbonyl (C=S) groups is 1. The van der Waals surface area contributed by atoms with Crippen molar-refractivity contribution in [1.82, 2.24) is 5.32 Å². The van der Waals surface area contributed by atoms with Crippen LogP contribution >= 0.6 is 12.2 Å². The predicted octanol–water partition coefficient (Wildman–Crippen LogP) is 3.70. The van der Waals surface area contributed by atoms with Gasteiger partial charge in [-0.1, -0.05) is 12.1 Å². The van der Waals surface area contributed by atoms with Crippen LogP contribution in [0.4, 0.5) is 11.4 Å². The summed E-state index contributed by atoms with van der Waals surface area (Å²) in [5.74, 6) is 1.05. The van der Waals surface area contributed by atoms with Gasteiger partial charge < -0.3 is 20.3 Å². The number of hydrogen-bond donors (Lipinski definition) is 2. The number of hydrogen-bond acceptors (Lipinski definition) is 3. The van der Waals surface area contributed by atoms with Crippen molar-refractivity contribution >= 4 is 34.6 Å². The largest absolute Gasteiger partial charge is 0.494 e. The van der Waals surface area contributed by atoms with Crippen LogP contribution in [-0.4, -0.2) is 24.2 Å². The number of carbonyl (C=O) groups is 1. The summed E-state index contributed by atoms with van der Waals surface area (Å²) in [6, 6.07) is 15.7. The number of anilines is 2. The van der Waals surface area contributed by atoms with Crippen molar-refractivity contribution in [2.24, 2.45) is 0 Å². The summed E-state index contributed by atoms with van der Waals surface area (Å²) in [5.41, 5.74) is 2.98. The van der Waals surface area contributed by atoms with Crippen LogP contribution in [0, 0.1) is 0 Å². The SMILES string of the molecule is CCOc1ccc(NC(=S)NCc2ccc(N3CCCC3=O)cc2)cc1. The zero-order valence-electron chi connectivity index (χ0n) is 14.8. The molecule has 1 fully saturated rings. The smallest absolute Gasteiger partial charge is 0.227 e. The van der Waals surface area contributed by atoms with Crippen LogP contribution in [-0.2, 0) is 11.3 Å². The van der Waals surface area contributed by atoms with Gasteiger partial charge in [-0.2, -0.15) is 0 Å². The van der Waals surface area contributed by atoms with Crippen LogP contribution in [0.5, 0.6) is 5.75 Å². The number of rotatable bonds is 6. The third-order valence-corrected chi connectivity index (χ3v) is 4.44. The lowest BCUT2D eigenvalue weighted by Crippen LogP contribution is -2.28. The van der Waals surface area contributed by atoms with Gasteiger partial charge in [-0.15, -0.1) is 0 Å². The van der Waals surface area contributed by atoms with Gasteiger partial charge in [0.15, 0.2) is 5.11 Å². The number of nitrogens with one attached hydrogen (secondary N) is 2. The molecule has 0 aliphatic carbocycles. The number of ether oxygens (including phenoxy) is 1. The third-order valence-electron chi connectivity index (χ3n) is 4.20. The number of carbonyl (C=O) groups excluding carboxylic acids is 1. The zero-order valence-corrected chi connectivity index (χ0v) is 15.6. The van der Waals surface area contributed by atoms with Crippen molar-refractivity contribution < 1.29 is 9.53 Å². The lowest BCUT2D eigenvalue weighted by atomic mass is 10.2. The minimum Gasteiger partial charge on any atom is -0.494 e. The zero-order chi connectivity index (χ0) is 18.4. The summed E-state index contributed by atoms with van der Waals surface area (Å²) < 4.78 is 5.42. The molecule has 136 valence electrons. The van der Waals surface area contributed by atoms with Crippen molar-refractivity contribution in [1.29, 1.82) is 0 Å². The number of benzene rings is 2. The average molecular weight is 369 g/mol. The van der Waals surface area contributed by atoms with Gasteiger partial charge in [0.05, 0.1) is 6.61 Å². The molecule has 0 bridgehead atoms. The fourth-order valence-corrected chi connectivity index (χ4v) is 3.06. The predicted molar refractivity (Wildman–Crippen MR) is 109 cm³/mol.